The Kier molecular flexibility index (Phi) is 8.15. The van der Waals surface area contributed by atoms with E-state index in [4.69, 9.17) is 10.5 Å². The van der Waals surface area contributed by atoms with Gasteiger partial charge in [-0.1, -0.05) is 6.42 Å². The van der Waals surface area contributed by atoms with Crippen molar-refractivity contribution < 1.29 is 21.6 Å². The molecule has 8 nitrogen and oxygen atoms in total. The van der Waals surface area contributed by atoms with Crippen molar-refractivity contribution in [3.05, 3.63) is 18.2 Å². The number of halogens is 1. The SMILES string of the molecule is CCS(=O)(=O)Nc1ccc(S(=O)(=O)NC2CCCC2CN)c(OC)c1.Cl. The molecule has 1 aromatic rings. The summed E-state index contributed by atoms with van der Waals surface area (Å²) in [4.78, 5) is -0.0304. The van der Waals surface area contributed by atoms with Crippen LogP contribution in [0.1, 0.15) is 26.2 Å². The Morgan fingerprint density at radius 1 is 1.23 bits per heavy atom. The van der Waals surface area contributed by atoms with Gasteiger partial charge in [-0.2, -0.15) is 0 Å². The molecule has 0 bridgehead atoms. The summed E-state index contributed by atoms with van der Waals surface area (Å²) in [6.07, 6.45) is 2.58. The molecule has 11 heteroatoms. The third kappa shape index (κ3) is 5.46. The minimum Gasteiger partial charge on any atom is -0.495 e. The Labute approximate surface area is 161 Å². The highest BCUT2D eigenvalue weighted by atomic mass is 35.5. The lowest BCUT2D eigenvalue weighted by atomic mass is 10.1. The molecular weight excluding hydrogens is 402 g/mol. The summed E-state index contributed by atoms with van der Waals surface area (Å²) >= 11 is 0. The number of ether oxygens (including phenoxy) is 1. The van der Waals surface area contributed by atoms with Gasteiger partial charge in [0.1, 0.15) is 10.6 Å². The quantitative estimate of drug-likeness (QED) is 0.573. The van der Waals surface area contributed by atoms with Crippen LogP contribution in [0, 0.1) is 5.92 Å². The average molecular weight is 428 g/mol. The van der Waals surface area contributed by atoms with E-state index in [1.54, 1.807) is 0 Å². The van der Waals surface area contributed by atoms with E-state index in [1.807, 2.05) is 0 Å². The zero-order valence-corrected chi connectivity index (χ0v) is 17.2. The van der Waals surface area contributed by atoms with E-state index in [1.165, 1.54) is 32.2 Å². The molecule has 2 atom stereocenters. The summed E-state index contributed by atoms with van der Waals surface area (Å²) in [6.45, 7) is 1.94. The summed E-state index contributed by atoms with van der Waals surface area (Å²) < 4.78 is 59.0. The molecule has 1 saturated carbocycles. The average Bonchev–Trinajstić information content (AvgIpc) is 3.00. The molecule has 2 rings (SSSR count). The van der Waals surface area contributed by atoms with Crippen molar-refractivity contribution in [1.29, 1.82) is 0 Å². The third-order valence-corrected chi connectivity index (χ3v) is 7.21. The lowest BCUT2D eigenvalue weighted by molar-refractivity contribution is 0.401. The first-order valence-electron chi connectivity index (χ1n) is 8.13. The zero-order valence-electron chi connectivity index (χ0n) is 14.8. The molecule has 2 unspecified atom stereocenters. The molecule has 26 heavy (non-hydrogen) atoms. The third-order valence-electron chi connectivity index (χ3n) is 4.37. The van der Waals surface area contributed by atoms with E-state index < -0.39 is 20.0 Å². The van der Waals surface area contributed by atoms with Gasteiger partial charge in [-0.3, -0.25) is 4.72 Å². The van der Waals surface area contributed by atoms with Crippen molar-refractivity contribution in [1.82, 2.24) is 4.72 Å². The minimum absolute atomic E-state index is 0. The maximum absolute atomic E-state index is 12.7. The molecule has 1 aliphatic rings. The second-order valence-corrected chi connectivity index (χ2v) is 9.72. The molecule has 150 valence electrons. The molecule has 0 amide bonds. The number of nitrogens with one attached hydrogen (secondary N) is 2. The molecule has 0 aromatic heterocycles. The summed E-state index contributed by atoms with van der Waals surface area (Å²) in [5, 5.41) is 0. The number of methoxy groups -OCH3 is 1. The number of benzene rings is 1. The molecule has 0 heterocycles. The zero-order chi connectivity index (χ0) is 18.7. The fourth-order valence-corrected chi connectivity index (χ4v) is 5.06. The predicted octanol–water partition coefficient (Wildman–Crippen LogP) is 1.28. The smallest absolute Gasteiger partial charge is 0.244 e. The number of nitrogens with two attached hydrogens (primary N) is 1. The Morgan fingerprint density at radius 3 is 2.50 bits per heavy atom. The van der Waals surface area contributed by atoms with Gasteiger partial charge in [-0.15, -0.1) is 12.4 Å². The second-order valence-electron chi connectivity index (χ2n) is 6.03. The molecule has 0 radical (unpaired) electrons. The molecule has 1 aromatic carbocycles. The fraction of sp³-hybridized carbons (Fsp3) is 0.600. The van der Waals surface area contributed by atoms with Gasteiger partial charge in [0.25, 0.3) is 0 Å². The van der Waals surface area contributed by atoms with Gasteiger partial charge >= 0.3 is 0 Å². The summed E-state index contributed by atoms with van der Waals surface area (Å²) in [7, 11) is -5.92. The maximum atomic E-state index is 12.7. The molecule has 0 spiro atoms. The second kappa shape index (κ2) is 9.23. The van der Waals surface area contributed by atoms with Crippen LogP contribution < -0.4 is 19.9 Å². The van der Waals surface area contributed by atoms with Gasteiger partial charge < -0.3 is 10.5 Å². The molecule has 4 N–H and O–H groups in total. The van der Waals surface area contributed by atoms with Crippen LogP contribution in [0.5, 0.6) is 5.75 Å². The monoisotopic (exact) mass is 427 g/mol. The normalized spacial score (nSPS) is 20.4. The Balaban J connectivity index is 0.00000338. The topological polar surface area (TPSA) is 128 Å². The van der Waals surface area contributed by atoms with Crippen LogP contribution in [0.3, 0.4) is 0 Å². The van der Waals surface area contributed by atoms with E-state index in [-0.39, 0.29) is 46.5 Å². The van der Waals surface area contributed by atoms with Crippen LogP contribution in [0.2, 0.25) is 0 Å². The first-order valence-corrected chi connectivity index (χ1v) is 11.3. The van der Waals surface area contributed by atoms with Crippen LogP contribution in [0.15, 0.2) is 23.1 Å². The van der Waals surface area contributed by atoms with Crippen molar-refractivity contribution in [3.63, 3.8) is 0 Å². The molecular formula is C15H26ClN3O5S2. The van der Waals surface area contributed by atoms with Gasteiger partial charge in [0.15, 0.2) is 0 Å². The van der Waals surface area contributed by atoms with Gasteiger partial charge in [-0.25, -0.2) is 21.6 Å². The molecule has 0 saturated heterocycles. The highest BCUT2D eigenvalue weighted by molar-refractivity contribution is 7.92. The largest absolute Gasteiger partial charge is 0.495 e. The summed E-state index contributed by atoms with van der Waals surface area (Å²) in [5.74, 6) is 0.113. The van der Waals surface area contributed by atoms with Gasteiger partial charge in [0.05, 0.1) is 18.6 Å². The van der Waals surface area contributed by atoms with E-state index >= 15 is 0 Å². The van der Waals surface area contributed by atoms with Gasteiger partial charge in [0, 0.05) is 12.1 Å². The van der Waals surface area contributed by atoms with Crippen molar-refractivity contribution in [2.45, 2.75) is 37.1 Å². The lowest BCUT2D eigenvalue weighted by Crippen LogP contribution is -2.39. The minimum atomic E-state index is -3.80. The Bertz CT molecular complexity index is 815. The molecule has 0 aliphatic heterocycles. The van der Waals surface area contributed by atoms with Crippen LogP contribution in [0.25, 0.3) is 0 Å². The van der Waals surface area contributed by atoms with E-state index in [9.17, 15) is 16.8 Å². The summed E-state index contributed by atoms with van der Waals surface area (Å²) in [5.41, 5.74) is 5.95. The van der Waals surface area contributed by atoms with Gasteiger partial charge in [0.2, 0.25) is 20.0 Å². The fourth-order valence-electron chi connectivity index (χ4n) is 2.94. The van der Waals surface area contributed by atoms with E-state index in [0.29, 0.717) is 6.54 Å². The van der Waals surface area contributed by atoms with E-state index in [0.717, 1.165) is 19.3 Å². The van der Waals surface area contributed by atoms with Crippen molar-refractivity contribution in [2.24, 2.45) is 11.7 Å². The predicted molar refractivity (Wildman–Crippen MR) is 104 cm³/mol. The Hall–Kier alpha value is -1.07. The highest BCUT2D eigenvalue weighted by Crippen LogP contribution is 2.30. The number of sulfonamides is 2. The maximum Gasteiger partial charge on any atom is 0.244 e. The number of anilines is 1. The van der Waals surface area contributed by atoms with Crippen molar-refractivity contribution in [2.75, 3.05) is 24.1 Å². The number of hydrogen-bond donors (Lipinski definition) is 3. The number of rotatable bonds is 8. The van der Waals surface area contributed by atoms with E-state index in [2.05, 4.69) is 9.44 Å². The van der Waals surface area contributed by atoms with Crippen LogP contribution >= 0.6 is 12.4 Å². The highest BCUT2D eigenvalue weighted by Gasteiger charge is 2.31. The lowest BCUT2D eigenvalue weighted by Gasteiger charge is -2.20. The first-order chi connectivity index (χ1) is 11.7. The van der Waals surface area contributed by atoms with Crippen LogP contribution in [-0.4, -0.2) is 42.3 Å². The van der Waals surface area contributed by atoms with Gasteiger partial charge in [-0.05, 0) is 44.4 Å². The standard InChI is InChI=1S/C15H25N3O5S2.ClH/c1-3-24(19,20)17-12-7-8-15(14(9-12)23-2)25(21,22)18-13-6-4-5-11(13)10-16;/h7-9,11,13,17-18H,3-6,10,16H2,1-2H3;1H. The van der Waals surface area contributed by atoms with Crippen LogP contribution in [0.4, 0.5) is 5.69 Å². The first kappa shape index (κ1) is 23.0. The van der Waals surface area contributed by atoms with Crippen molar-refractivity contribution in [3.8, 4) is 5.75 Å². The van der Waals surface area contributed by atoms with Crippen molar-refractivity contribution >= 4 is 38.1 Å². The number of hydrogen-bond acceptors (Lipinski definition) is 6. The molecule has 1 fully saturated rings. The Morgan fingerprint density at radius 2 is 1.92 bits per heavy atom. The summed E-state index contributed by atoms with van der Waals surface area (Å²) in [6, 6.07) is 3.90. The molecule has 1 aliphatic carbocycles. The van der Waals surface area contributed by atoms with Crippen LogP contribution in [-0.2, 0) is 20.0 Å².